The first-order valence-corrected chi connectivity index (χ1v) is 8.14. The third-order valence-corrected chi connectivity index (χ3v) is 5.75. The number of nitrogens with one attached hydrogen (secondary N) is 1. The molecule has 1 unspecified atom stereocenters. The van der Waals surface area contributed by atoms with Gasteiger partial charge in [-0.2, -0.15) is 4.31 Å². The van der Waals surface area contributed by atoms with Crippen molar-refractivity contribution in [3.63, 3.8) is 0 Å². The number of nitrogens with two attached hydrogens (primary N) is 1. The molecule has 1 saturated heterocycles. The van der Waals surface area contributed by atoms with Crippen LogP contribution < -0.4 is 11.3 Å². The largest absolute Gasteiger partial charge is 0.393 e. The summed E-state index contributed by atoms with van der Waals surface area (Å²) in [6, 6.07) is 6.36. The molecule has 0 saturated carbocycles. The van der Waals surface area contributed by atoms with Crippen molar-refractivity contribution in [2.75, 3.05) is 18.5 Å². The molecule has 0 spiro atoms. The Balaban J connectivity index is 2.11. The molecule has 2 rings (SSSR count). The van der Waals surface area contributed by atoms with Crippen molar-refractivity contribution >= 4 is 15.7 Å². The van der Waals surface area contributed by atoms with E-state index in [-0.39, 0.29) is 16.9 Å². The summed E-state index contributed by atoms with van der Waals surface area (Å²) in [5.41, 5.74) is 3.13. The average Bonchev–Trinajstić information content (AvgIpc) is 2.47. The average molecular weight is 299 g/mol. The molecule has 1 aliphatic rings. The second kappa shape index (κ2) is 6.09. The first-order valence-electron chi connectivity index (χ1n) is 6.70. The van der Waals surface area contributed by atoms with E-state index in [0.717, 1.165) is 0 Å². The Hall–Kier alpha value is -1.15. The summed E-state index contributed by atoms with van der Waals surface area (Å²) < 4.78 is 26.4. The molecule has 1 atom stereocenters. The fourth-order valence-corrected chi connectivity index (χ4v) is 3.94. The maximum atomic E-state index is 12.5. The summed E-state index contributed by atoms with van der Waals surface area (Å²) in [6.07, 6.45) is 1.01. The molecule has 6 nitrogen and oxygen atoms in total. The van der Waals surface area contributed by atoms with Crippen molar-refractivity contribution in [1.29, 1.82) is 0 Å². The van der Waals surface area contributed by atoms with Gasteiger partial charge in [0.2, 0.25) is 10.0 Å². The Bertz CT molecular complexity index is 534. The minimum Gasteiger partial charge on any atom is -0.393 e. The number of rotatable bonds is 4. The number of hydrogen-bond donors (Lipinski definition) is 3. The molecule has 0 radical (unpaired) electrons. The Kier molecular flexibility index (Phi) is 4.64. The van der Waals surface area contributed by atoms with Crippen molar-refractivity contribution in [2.45, 2.75) is 30.8 Å². The molecule has 20 heavy (non-hydrogen) atoms. The van der Waals surface area contributed by atoms with Crippen LogP contribution in [-0.4, -0.2) is 37.0 Å². The van der Waals surface area contributed by atoms with Crippen LogP contribution in [0.3, 0.4) is 0 Å². The molecule has 1 aliphatic heterocycles. The molecule has 1 heterocycles. The molecule has 1 fully saturated rings. The van der Waals surface area contributed by atoms with E-state index < -0.39 is 10.0 Å². The number of nitrogen functional groups attached to an aromatic ring is 1. The molecule has 112 valence electrons. The normalized spacial score (nSPS) is 19.8. The number of anilines is 1. The highest BCUT2D eigenvalue weighted by atomic mass is 32.2. The first-order chi connectivity index (χ1) is 9.45. The van der Waals surface area contributed by atoms with Gasteiger partial charge in [0.25, 0.3) is 0 Å². The van der Waals surface area contributed by atoms with Crippen LogP contribution in [0.15, 0.2) is 29.2 Å². The predicted octanol–water partition coefficient (Wildman–Crippen LogP) is 0.754. The molecule has 0 aliphatic carbocycles. The molecular formula is C13H21N3O3S. The highest BCUT2D eigenvalue weighted by Gasteiger charge is 2.30. The minimum absolute atomic E-state index is 0.185. The number of sulfonamides is 1. The van der Waals surface area contributed by atoms with Crippen LogP contribution in [0.4, 0.5) is 5.69 Å². The number of hydrogen-bond acceptors (Lipinski definition) is 5. The highest BCUT2D eigenvalue weighted by molar-refractivity contribution is 7.89. The zero-order valence-corrected chi connectivity index (χ0v) is 12.3. The molecule has 0 amide bonds. The lowest BCUT2D eigenvalue weighted by atomic mass is 9.93. The monoisotopic (exact) mass is 299 g/mol. The summed E-state index contributed by atoms with van der Waals surface area (Å²) in [5.74, 6) is 5.45. The maximum absolute atomic E-state index is 12.5. The highest BCUT2D eigenvalue weighted by Crippen LogP contribution is 2.26. The fourth-order valence-electron chi connectivity index (χ4n) is 2.47. The second-order valence-electron chi connectivity index (χ2n) is 5.15. The van der Waals surface area contributed by atoms with Crippen molar-refractivity contribution in [3.05, 3.63) is 24.3 Å². The second-order valence-corrected chi connectivity index (χ2v) is 7.09. The van der Waals surface area contributed by atoms with Gasteiger partial charge < -0.3 is 10.5 Å². The third kappa shape index (κ3) is 3.12. The van der Waals surface area contributed by atoms with Crippen LogP contribution in [0, 0.1) is 5.92 Å². The van der Waals surface area contributed by atoms with E-state index in [4.69, 9.17) is 5.84 Å². The zero-order chi connectivity index (χ0) is 14.8. The number of piperidine rings is 1. The van der Waals surface area contributed by atoms with Crippen LogP contribution in [-0.2, 0) is 10.0 Å². The maximum Gasteiger partial charge on any atom is 0.243 e. The van der Waals surface area contributed by atoms with Crippen molar-refractivity contribution in [2.24, 2.45) is 11.8 Å². The van der Waals surface area contributed by atoms with E-state index in [1.165, 1.54) is 4.31 Å². The van der Waals surface area contributed by atoms with Gasteiger partial charge in [-0.05, 0) is 49.9 Å². The lowest BCUT2D eigenvalue weighted by Crippen LogP contribution is -2.40. The smallest absolute Gasteiger partial charge is 0.243 e. The van der Waals surface area contributed by atoms with Gasteiger partial charge in [-0.15, -0.1) is 0 Å². The summed E-state index contributed by atoms with van der Waals surface area (Å²) >= 11 is 0. The van der Waals surface area contributed by atoms with Gasteiger partial charge >= 0.3 is 0 Å². The standard InChI is InChI=1S/C13H21N3O3S/c1-10(17)11-6-8-16(9-7-11)20(18,19)13-4-2-12(15-14)3-5-13/h2-5,10-11,15,17H,6-9,14H2,1H3. The third-order valence-electron chi connectivity index (χ3n) is 3.84. The lowest BCUT2D eigenvalue weighted by molar-refractivity contribution is 0.0912. The summed E-state index contributed by atoms with van der Waals surface area (Å²) in [5, 5.41) is 9.55. The van der Waals surface area contributed by atoms with Gasteiger partial charge in [-0.25, -0.2) is 8.42 Å². The Morgan fingerprint density at radius 3 is 2.30 bits per heavy atom. The van der Waals surface area contributed by atoms with Gasteiger partial charge in [-0.3, -0.25) is 5.84 Å². The van der Waals surface area contributed by atoms with Gasteiger partial charge in [-0.1, -0.05) is 0 Å². The van der Waals surface area contributed by atoms with Crippen molar-refractivity contribution in [3.8, 4) is 0 Å². The molecule has 1 aromatic rings. The molecular weight excluding hydrogens is 278 g/mol. The quantitative estimate of drug-likeness (QED) is 0.563. The number of aliphatic hydroxyl groups excluding tert-OH is 1. The van der Waals surface area contributed by atoms with Gasteiger partial charge in [0.15, 0.2) is 0 Å². The van der Waals surface area contributed by atoms with E-state index in [2.05, 4.69) is 5.43 Å². The van der Waals surface area contributed by atoms with Crippen LogP contribution >= 0.6 is 0 Å². The summed E-state index contributed by atoms with van der Waals surface area (Å²) in [4.78, 5) is 0.270. The Morgan fingerprint density at radius 1 is 1.30 bits per heavy atom. The molecule has 7 heteroatoms. The minimum atomic E-state index is -3.45. The predicted molar refractivity (Wildman–Crippen MR) is 77.4 cm³/mol. The van der Waals surface area contributed by atoms with Crippen LogP contribution in [0.1, 0.15) is 19.8 Å². The van der Waals surface area contributed by atoms with E-state index in [1.807, 2.05) is 0 Å². The fraction of sp³-hybridized carbons (Fsp3) is 0.538. The topological polar surface area (TPSA) is 95.7 Å². The molecule has 4 N–H and O–H groups in total. The number of nitrogens with zero attached hydrogens (tertiary/aromatic N) is 1. The summed E-state index contributed by atoms with van der Waals surface area (Å²) in [7, 11) is -3.45. The number of aliphatic hydroxyl groups is 1. The van der Waals surface area contributed by atoms with Crippen molar-refractivity contribution in [1.82, 2.24) is 4.31 Å². The van der Waals surface area contributed by atoms with Crippen LogP contribution in [0.5, 0.6) is 0 Å². The van der Waals surface area contributed by atoms with E-state index in [0.29, 0.717) is 31.6 Å². The van der Waals surface area contributed by atoms with E-state index in [9.17, 15) is 13.5 Å². The molecule has 0 bridgehead atoms. The molecule has 1 aromatic carbocycles. The van der Waals surface area contributed by atoms with Gasteiger partial charge in [0.05, 0.1) is 11.0 Å². The van der Waals surface area contributed by atoms with E-state index >= 15 is 0 Å². The lowest BCUT2D eigenvalue weighted by Gasteiger charge is -2.32. The summed E-state index contributed by atoms with van der Waals surface area (Å²) in [6.45, 7) is 2.66. The zero-order valence-electron chi connectivity index (χ0n) is 11.5. The number of hydrazine groups is 1. The Morgan fingerprint density at radius 2 is 1.85 bits per heavy atom. The van der Waals surface area contributed by atoms with Crippen LogP contribution in [0.25, 0.3) is 0 Å². The SMILES string of the molecule is CC(O)C1CCN(S(=O)(=O)c2ccc(NN)cc2)CC1. The first kappa shape index (κ1) is 15.2. The van der Waals surface area contributed by atoms with Crippen LogP contribution in [0.2, 0.25) is 0 Å². The van der Waals surface area contributed by atoms with Gasteiger partial charge in [0.1, 0.15) is 0 Å². The van der Waals surface area contributed by atoms with E-state index in [1.54, 1.807) is 31.2 Å². The molecule has 0 aromatic heterocycles. The Labute approximate surface area is 119 Å². The number of benzene rings is 1. The van der Waals surface area contributed by atoms with Crippen molar-refractivity contribution < 1.29 is 13.5 Å². The van der Waals surface area contributed by atoms with Gasteiger partial charge in [0, 0.05) is 18.8 Å².